The standard InChI is InChI=1S/C29H29NO7/c1-17-27(19-7-10-24(33-3)26(13-19)35-5)28(31)20-8-11-22-21(29(20)37-17)15-30(16-36-22)14-18-6-9-23(32-2)25(12-18)34-4/h6-13H,14-16H2,1-5H3. The van der Waals surface area contributed by atoms with Crippen LogP contribution in [0.25, 0.3) is 22.1 Å². The third kappa shape index (κ3) is 4.44. The van der Waals surface area contributed by atoms with E-state index in [-0.39, 0.29) is 5.43 Å². The molecule has 0 unspecified atom stereocenters. The molecule has 37 heavy (non-hydrogen) atoms. The second-order valence-corrected chi connectivity index (χ2v) is 8.80. The molecular weight excluding hydrogens is 474 g/mol. The Kier molecular flexibility index (Phi) is 6.67. The molecule has 192 valence electrons. The predicted octanol–water partition coefficient (Wildman–Crippen LogP) is 5.15. The van der Waals surface area contributed by atoms with Crippen LogP contribution in [0.3, 0.4) is 0 Å². The average Bonchev–Trinajstić information content (AvgIpc) is 2.92. The monoisotopic (exact) mass is 503 g/mol. The second-order valence-electron chi connectivity index (χ2n) is 8.80. The number of methoxy groups -OCH3 is 4. The van der Waals surface area contributed by atoms with E-state index in [1.807, 2.05) is 30.3 Å². The Morgan fingerprint density at radius 2 is 1.51 bits per heavy atom. The van der Waals surface area contributed by atoms with Crippen molar-refractivity contribution >= 4 is 11.0 Å². The van der Waals surface area contributed by atoms with Crippen LogP contribution in [-0.4, -0.2) is 40.1 Å². The first kappa shape index (κ1) is 24.5. The van der Waals surface area contributed by atoms with Crippen molar-refractivity contribution in [3.8, 4) is 39.9 Å². The zero-order valence-corrected chi connectivity index (χ0v) is 21.5. The second kappa shape index (κ2) is 10.1. The summed E-state index contributed by atoms with van der Waals surface area (Å²) in [6.07, 6.45) is 0. The summed E-state index contributed by atoms with van der Waals surface area (Å²) in [6, 6.07) is 14.9. The van der Waals surface area contributed by atoms with Crippen LogP contribution >= 0.6 is 0 Å². The lowest BCUT2D eigenvalue weighted by molar-refractivity contribution is 0.0889. The van der Waals surface area contributed by atoms with E-state index in [4.69, 9.17) is 28.1 Å². The van der Waals surface area contributed by atoms with Crippen molar-refractivity contribution in [3.63, 3.8) is 0 Å². The van der Waals surface area contributed by atoms with E-state index in [0.717, 1.165) is 16.9 Å². The van der Waals surface area contributed by atoms with Gasteiger partial charge in [-0.05, 0) is 54.4 Å². The highest BCUT2D eigenvalue weighted by Crippen LogP contribution is 2.37. The molecule has 0 radical (unpaired) electrons. The molecule has 2 heterocycles. The van der Waals surface area contributed by atoms with Crippen LogP contribution in [0, 0.1) is 6.92 Å². The van der Waals surface area contributed by atoms with Crippen molar-refractivity contribution in [3.05, 3.63) is 75.6 Å². The molecular formula is C29H29NO7. The summed E-state index contributed by atoms with van der Waals surface area (Å²) >= 11 is 0. The van der Waals surface area contributed by atoms with Gasteiger partial charge in [-0.25, -0.2) is 0 Å². The first-order chi connectivity index (χ1) is 18.0. The lowest BCUT2D eigenvalue weighted by atomic mass is 10.00. The van der Waals surface area contributed by atoms with Gasteiger partial charge in [0, 0.05) is 13.1 Å². The molecule has 0 saturated heterocycles. The lowest BCUT2D eigenvalue weighted by Gasteiger charge is -2.29. The molecule has 0 atom stereocenters. The highest BCUT2D eigenvalue weighted by molar-refractivity contribution is 5.87. The van der Waals surface area contributed by atoms with Crippen LogP contribution in [0.1, 0.15) is 16.9 Å². The normalized spacial score (nSPS) is 13.1. The Bertz CT molecular complexity index is 1530. The minimum absolute atomic E-state index is 0.106. The van der Waals surface area contributed by atoms with Gasteiger partial charge in [-0.15, -0.1) is 0 Å². The SMILES string of the molecule is COc1ccc(CN2COc3ccc4c(=O)c(-c5ccc(OC)c(OC)c5)c(C)oc4c3C2)cc1OC. The van der Waals surface area contributed by atoms with E-state index in [1.54, 1.807) is 53.6 Å². The summed E-state index contributed by atoms with van der Waals surface area (Å²) in [4.78, 5) is 15.8. The van der Waals surface area contributed by atoms with Crippen molar-refractivity contribution in [2.24, 2.45) is 0 Å². The first-order valence-electron chi connectivity index (χ1n) is 11.8. The van der Waals surface area contributed by atoms with Crippen LogP contribution in [0.4, 0.5) is 0 Å². The van der Waals surface area contributed by atoms with Crippen LogP contribution < -0.4 is 29.1 Å². The van der Waals surface area contributed by atoms with Gasteiger partial charge in [0.1, 0.15) is 23.8 Å². The minimum atomic E-state index is -0.106. The predicted molar refractivity (Wildman–Crippen MR) is 140 cm³/mol. The number of benzene rings is 3. The molecule has 0 bridgehead atoms. The Morgan fingerprint density at radius 1 is 0.838 bits per heavy atom. The molecule has 0 N–H and O–H groups in total. The van der Waals surface area contributed by atoms with E-state index >= 15 is 0 Å². The molecule has 8 nitrogen and oxygen atoms in total. The third-order valence-electron chi connectivity index (χ3n) is 6.61. The number of nitrogens with zero attached hydrogens (tertiary/aromatic N) is 1. The summed E-state index contributed by atoms with van der Waals surface area (Å²) in [7, 11) is 6.38. The minimum Gasteiger partial charge on any atom is -0.493 e. The molecule has 0 spiro atoms. The molecule has 4 aromatic rings. The summed E-state index contributed by atoms with van der Waals surface area (Å²) in [5.74, 6) is 3.74. The van der Waals surface area contributed by atoms with Gasteiger partial charge in [0.2, 0.25) is 5.43 Å². The molecule has 0 saturated carbocycles. The van der Waals surface area contributed by atoms with Crippen molar-refractivity contribution < 1.29 is 28.1 Å². The maximum Gasteiger partial charge on any atom is 0.200 e. The lowest BCUT2D eigenvalue weighted by Crippen LogP contribution is -2.31. The molecule has 0 amide bonds. The fraction of sp³-hybridized carbons (Fsp3) is 0.276. The molecule has 5 rings (SSSR count). The molecule has 3 aromatic carbocycles. The maximum absolute atomic E-state index is 13.7. The van der Waals surface area contributed by atoms with E-state index in [2.05, 4.69) is 4.90 Å². The number of ether oxygens (including phenoxy) is 5. The smallest absolute Gasteiger partial charge is 0.200 e. The number of rotatable bonds is 7. The van der Waals surface area contributed by atoms with Crippen molar-refractivity contribution in [2.45, 2.75) is 20.0 Å². The van der Waals surface area contributed by atoms with Gasteiger partial charge in [0.15, 0.2) is 23.0 Å². The van der Waals surface area contributed by atoms with Crippen LogP contribution in [0.5, 0.6) is 28.7 Å². The van der Waals surface area contributed by atoms with Gasteiger partial charge in [0.25, 0.3) is 0 Å². The Labute approximate surface area is 214 Å². The van der Waals surface area contributed by atoms with Gasteiger partial charge in [-0.2, -0.15) is 0 Å². The van der Waals surface area contributed by atoms with Gasteiger partial charge >= 0.3 is 0 Å². The van der Waals surface area contributed by atoms with E-state index in [0.29, 0.717) is 70.7 Å². The van der Waals surface area contributed by atoms with E-state index in [1.165, 1.54) is 0 Å². The number of hydrogen-bond donors (Lipinski definition) is 0. The zero-order valence-electron chi connectivity index (χ0n) is 21.5. The van der Waals surface area contributed by atoms with Crippen LogP contribution in [-0.2, 0) is 13.1 Å². The average molecular weight is 504 g/mol. The fourth-order valence-electron chi connectivity index (χ4n) is 4.78. The number of aryl methyl sites for hydroxylation is 1. The Hall–Kier alpha value is -4.17. The number of fused-ring (bicyclic) bond motifs is 3. The molecule has 1 aromatic heterocycles. The van der Waals surface area contributed by atoms with Crippen LogP contribution in [0.15, 0.2) is 57.7 Å². The quantitative estimate of drug-likeness (QED) is 0.342. The van der Waals surface area contributed by atoms with Gasteiger partial charge in [-0.1, -0.05) is 12.1 Å². The fourth-order valence-corrected chi connectivity index (χ4v) is 4.78. The number of hydrogen-bond acceptors (Lipinski definition) is 8. The Morgan fingerprint density at radius 3 is 2.22 bits per heavy atom. The molecule has 1 aliphatic heterocycles. The van der Waals surface area contributed by atoms with Crippen molar-refractivity contribution in [2.75, 3.05) is 35.2 Å². The van der Waals surface area contributed by atoms with Gasteiger partial charge in [0.05, 0.1) is 45.0 Å². The zero-order chi connectivity index (χ0) is 26.1. The summed E-state index contributed by atoms with van der Waals surface area (Å²) in [6.45, 7) is 3.42. The Balaban J connectivity index is 1.51. The molecule has 8 heteroatoms. The third-order valence-corrected chi connectivity index (χ3v) is 6.61. The highest BCUT2D eigenvalue weighted by atomic mass is 16.5. The largest absolute Gasteiger partial charge is 0.493 e. The molecule has 1 aliphatic rings. The summed E-state index contributed by atoms with van der Waals surface area (Å²) in [5, 5.41) is 0.505. The summed E-state index contributed by atoms with van der Waals surface area (Å²) < 4.78 is 33.9. The van der Waals surface area contributed by atoms with E-state index in [9.17, 15) is 4.79 Å². The first-order valence-corrected chi connectivity index (χ1v) is 11.8. The highest BCUT2D eigenvalue weighted by Gasteiger charge is 2.24. The topological polar surface area (TPSA) is 79.6 Å². The maximum atomic E-state index is 13.7. The van der Waals surface area contributed by atoms with Crippen molar-refractivity contribution in [1.29, 1.82) is 0 Å². The van der Waals surface area contributed by atoms with Crippen LogP contribution in [0.2, 0.25) is 0 Å². The molecule has 0 aliphatic carbocycles. The van der Waals surface area contributed by atoms with Crippen molar-refractivity contribution in [1.82, 2.24) is 4.90 Å². The molecule has 0 fully saturated rings. The van der Waals surface area contributed by atoms with Gasteiger partial charge in [-0.3, -0.25) is 9.69 Å². The van der Waals surface area contributed by atoms with Gasteiger partial charge < -0.3 is 28.1 Å². The summed E-state index contributed by atoms with van der Waals surface area (Å²) in [5.41, 5.74) is 3.54. The van der Waals surface area contributed by atoms with E-state index < -0.39 is 0 Å².